The van der Waals surface area contributed by atoms with Crippen molar-refractivity contribution in [2.75, 3.05) is 37.6 Å². The summed E-state index contributed by atoms with van der Waals surface area (Å²) in [6.45, 7) is 10.5. The largest absolute Gasteiger partial charge is 0.371 e. The van der Waals surface area contributed by atoms with Crippen LogP contribution < -0.4 is 4.90 Å². The van der Waals surface area contributed by atoms with Crippen molar-refractivity contribution in [3.8, 4) is 0 Å². The van der Waals surface area contributed by atoms with Gasteiger partial charge in [-0.2, -0.15) is 0 Å². The van der Waals surface area contributed by atoms with E-state index in [4.69, 9.17) is 0 Å². The van der Waals surface area contributed by atoms with E-state index in [-0.39, 0.29) is 0 Å². The monoisotopic (exact) mass is 232 g/mol. The van der Waals surface area contributed by atoms with Crippen molar-refractivity contribution in [3.63, 3.8) is 0 Å². The summed E-state index contributed by atoms with van der Waals surface area (Å²) in [5.74, 6) is 0. The van der Waals surface area contributed by atoms with E-state index in [1.807, 2.05) is 0 Å². The van der Waals surface area contributed by atoms with Crippen LogP contribution in [-0.4, -0.2) is 37.6 Å². The first-order valence-electron chi connectivity index (χ1n) is 6.90. The first-order chi connectivity index (χ1) is 8.35. The standard InChI is InChI=1S/C15H24N2/c1-3-16(4-2)11-7-12-17-13-10-14-8-5-6-9-15(14)17/h5-6,8-9H,3-4,7,10-13H2,1-2H3. The molecule has 0 N–H and O–H groups in total. The molecule has 1 heterocycles. The summed E-state index contributed by atoms with van der Waals surface area (Å²) >= 11 is 0. The molecule has 0 amide bonds. The maximum absolute atomic E-state index is 2.54. The molecule has 0 spiro atoms. The molecule has 2 heteroatoms. The highest BCUT2D eigenvalue weighted by Crippen LogP contribution is 2.27. The minimum Gasteiger partial charge on any atom is -0.371 e. The number of hydrogen-bond acceptors (Lipinski definition) is 2. The van der Waals surface area contributed by atoms with Gasteiger partial charge in [0.2, 0.25) is 0 Å². The van der Waals surface area contributed by atoms with E-state index in [0.29, 0.717) is 0 Å². The Morgan fingerprint density at radius 1 is 1.18 bits per heavy atom. The number of nitrogens with zero attached hydrogens (tertiary/aromatic N) is 2. The van der Waals surface area contributed by atoms with Crippen LogP contribution in [0.1, 0.15) is 25.8 Å². The maximum atomic E-state index is 2.54. The van der Waals surface area contributed by atoms with Crippen molar-refractivity contribution in [2.24, 2.45) is 0 Å². The zero-order chi connectivity index (χ0) is 12.1. The molecule has 17 heavy (non-hydrogen) atoms. The SMILES string of the molecule is CCN(CC)CCCN1CCc2ccccc21. The van der Waals surface area contributed by atoms with Gasteiger partial charge in [0, 0.05) is 18.8 Å². The second-order valence-corrected chi connectivity index (χ2v) is 4.75. The molecular formula is C15H24N2. The van der Waals surface area contributed by atoms with Crippen LogP contribution in [0.5, 0.6) is 0 Å². The Kier molecular flexibility index (Phi) is 4.43. The molecule has 0 radical (unpaired) electrons. The number of fused-ring (bicyclic) bond motifs is 1. The molecule has 0 aliphatic carbocycles. The van der Waals surface area contributed by atoms with Crippen LogP contribution in [-0.2, 0) is 6.42 Å². The fourth-order valence-corrected chi connectivity index (χ4v) is 2.66. The van der Waals surface area contributed by atoms with Gasteiger partial charge in [-0.1, -0.05) is 32.0 Å². The normalized spacial score (nSPS) is 14.4. The van der Waals surface area contributed by atoms with Crippen molar-refractivity contribution >= 4 is 5.69 Å². The highest BCUT2D eigenvalue weighted by atomic mass is 15.2. The molecule has 1 aromatic rings. The van der Waals surface area contributed by atoms with Crippen LogP contribution in [0, 0.1) is 0 Å². The lowest BCUT2D eigenvalue weighted by Gasteiger charge is -2.22. The van der Waals surface area contributed by atoms with Crippen molar-refractivity contribution in [2.45, 2.75) is 26.7 Å². The number of anilines is 1. The molecule has 0 bridgehead atoms. The Hall–Kier alpha value is -1.02. The molecule has 94 valence electrons. The van der Waals surface area contributed by atoms with Crippen LogP contribution in [0.25, 0.3) is 0 Å². The summed E-state index contributed by atoms with van der Waals surface area (Å²) in [4.78, 5) is 5.04. The first kappa shape index (κ1) is 12.4. The molecule has 2 nitrogen and oxygen atoms in total. The van der Waals surface area contributed by atoms with Gasteiger partial charge in [0.25, 0.3) is 0 Å². The summed E-state index contributed by atoms with van der Waals surface area (Å²) in [6, 6.07) is 8.83. The minimum atomic E-state index is 1.17. The Labute approximate surface area is 105 Å². The molecule has 1 aliphatic heterocycles. The summed E-state index contributed by atoms with van der Waals surface area (Å²) in [6.07, 6.45) is 2.50. The molecule has 1 aromatic carbocycles. The highest BCUT2D eigenvalue weighted by Gasteiger charge is 2.17. The van der Waals surface area contributed by atoms with Crippen LogP contribution >= 0.6 is 0 Å². The molecule has 0 atom stereocenters. The van der Waals surface area contributed by atoms with E-state index in [0.717, 1.165) is 0 Å². The van der Waals surface area contributed by atoms with E-state index >= 15 is 0 Å². The van der Waals surface area contributed by atoms with Crippen LogP contribution in [0.4, 0.5) is 5.69 Å². The second kappa shape index (κ2) is 6.06. The third kappa shape index (κ3) is 3.01. The molecule has 2 rings (SSSR count). The maximum Gasteiger partial charge on any atom is 0.0399 e. The summed E-state index contributed by atoms with van der Waals surface area (Å²) < 4.78 is 0. The lowest BCUT2D eigenvalue weighted by Crippen LogP contribution is -2.29. The fourth-order valence-electron chi connectivity index (χ4n) is 2.66. The average Bonchev–Trinajstić information content (AvgIpc) is 2.78. The third-order valence-corrected chi connectivity index (χ3v) is 3.78. The Morgan fingerprint density at radius 2 is 1.94 bits per heavy atom. The van der Waals surface area contributed by atoms with Gasteiger partial charge in [0.1, 0.15) is 0 Å². The molecule has 0 saturated heterocycles. The Bertz CT molecular complexity index is 345. The van der Waals surface area contributed by atoms with Gasteiger partial charge in [0.15, 0.2) is 0 Å². The van der Waals surface area contributed by atoms with Gasteiger partial charge >= 0.3 is 0 Å². The first-order valence-corrected chi connectivity index (χ1v) is 6.90. The van der Waals surface area contributed by atoms with E-state index in [1.54, 1.807) is 0 Å². The predicted molar refractivity (Wildman–Crippen MR) is 74.8 cm³/mol. The van der Waals surface area contributed by atoms with E-state index in [9.17, 15) is 0 Å². The molecule has 0 fully saturated rings. The fraction of sp³-hybridized carbons (Fsp3) is 0.600. The van der Waals surface area contributed by atoms with Gasteiger partial charge in [-0.15, -0.1) is 0 Å². The summed E-state index contributed by atoms with van der Waals surface area (Å²) in [5.41, 5.74) is 2.99. The quantitative estimate of drug-likeness (QED) is 0.744. The number of hydrogen-bond donors (Lipinski definition) is 0. The predicted octanol–water partition coefficient (Wildman–Crippen LogP) is 2.78. The molecule has 0 saturated carbocycles. The summed E-state index contributed by atoms with van der Waals surface area (Å²) in [5, 5.41) is 0. The number of rotatable bonds is 6. The lowest BCUT2D eigenvalue weighted by atomic mass is 10.2. The van der Waals surface area contributed by atoms with Crippen molar-refractivity contribution in [3.05, 3.63) is 29.8 Å². The van der Waals surface area contributed by atoms with Gasteiger partial charge in [0.05, 0.1) is 0 Å². The van der Waals surface area contributed by atoms with E-state index < -0.39 is 0 Å². The third-order valence-electron chi connectivity index (χ3n) is 3.78. The van der Waals surface area contributed by atoms with Gasteiger partial charge < -0.3 is 9.80 Å². The van der Waals surface area contributed by atoms with E-state index in [2.05, 4.69) is 47.9 Å². The van der Waals surface area contributed by atoms with Crippen molar-refractivity contribution < 1.29 is 0 Å². The zero-order valence-electron chi connectivity index (χ0n) is 11.2. The number of benzene rings is 1. The van der Waals surface area contributed by atoms with Crippen molar-refractivity contribution in [1.29, 1.82) is 0 Å². The molecule has 0 aromatic heterocycles. The van der Waals surface area contributed by atoms with Gasteiger partial charge in [-0.25, -0.2) is 0 Å². The molecule has 0 unspecified atom stereocenters. The van der Waals surface area contributed by atoms with Gasteiger partial charge in [-0.3, -0.25) is 0 Å². The Balaban J connectivity index is 1.82. The van der Waals surface area contributed by atoms with Crippen LogP contribution in [0.15, 0.2) is 24.3 Å². The van der Waals surface area contributed by atoms with Crippen molar-refractivity contribution in [1.82, 2.24) is 4.90 Å². The Morgan fingerprint density at radius 3 is 2.71 bits per heavy atom. The topological polar surface area (TPSA) is 6.48 Å². The van der Waals surface area contributed by atoms with Crippen LogP contribution in [0.3, 0.4) is 0 Å². The second-order valence-electron chi connectivity index (χ2n) is 4.75. The lowest BCUT2D eigenvalue weighted by molar-refractivity contribution is 0.301. The molecule has 1 aliphatic rings. The summed E-state index contributed by atoms with van der Waals surface area (Å²) in [7, 11) is 0. The minimum absolute atomic E-state index is 1.17. The van der Waals surface area contributed by atoms with Crippen LogP contribution in [0.2, 0.25) is 0 Å². The number of para-hydroxylation sites is 1. The van der Waals surface area contributed by atoms with E-state index in [1.165, 1.54) is 56.8 Å². The smallest absolute Gasteiger partial charge is 0.0399 e. The zero-order valence-corrected chi connectivity index (χ0v) is 11.2. The molecular weight excluding hydrogens is 208 g/mol. The highest BCUT2D eigenvalue weighted by molar-refractivity contribution is 5.57. The average molecular weight is 232 g/mol. The van der Waals surface area contributed by atoms with Gasteiger partial charge in [-0.05, 0) is 44.1 Å².